The topological polar surface area (TPSA) is 0 Å². The number of allylic oxidation sites excluding steroid dienone is 5. The zero-order valence-electron chi connectivity index (χ0n) is 12.7. The van der Waals surface area contributed by atoms with E-state index in [0.29, 0.717) is 0 Å². The van der Waals surface area contributed by atoms with E-state index in [2.05, 4.69) is 75.0 Å². The van der Waals surface area contributed by atoms with Gasteiger partial charge in [0.05, 0.1) is 0 Å². The lowest BCUT2D eigenvalue weighted by molar-refractivity contribution is 1.25. The van der Waals surface area contributed by atoms with Gasteiger partial charge in [-0.2, -0.15) is 0 Å². The maximum absolute atomic E-state index is 3.98. The van der Waals surface area contributed by atoms with Crippen LogP contribution in [0.3, 0.4) is 0 Å². The van der Waals surface area contributed by atoms with Gasteiger partial charge in [0.2, 0.25) is 0 Å². The number of hydrogen-bond acceptors (Lipinski definition) is 0. The predicted octanol–water partition coefficient (Wildman–Crippen LogP) is 5.59. The molecule has 2 aromatic carbocycles. The van der Waals surface area contributed by atoms with Crippen LogP contribution < -0.4 is 0 Å². The first-order chi connectivity index (χ1) is 10.2. The molecule has 21 heavy (non-hydrogen) atoms. The molecule has 0 bridgehead atoms. The summed E-state index contributed by atoms with van der Waals surface area (Å²) >= 11 is 0. The SMILES string of the molecule is C=CC1=C(/C=C(\C)c2ccc(C)cc2)c2ccccc2C1. The lowest BCUT2D eigenvalue weighted by Crippen LogP contribution is -1.84. The van der Waals surface area contributed by atoms with Crippen molar-refractivity contribution in [2.45, 2.75) is 20.3 Å². The summed E-state index contributed by atoms with van der Waals surface area (Å²) in [5, 5.41) is 0. The average molecular weight is 272 g/mol. The van der Waals surface area contributed by atoms with Gasteiger partial charge in [0.1, 0.15) is 0 Å². The molecule has 1 aliphatic rings. The third-order valence-corrected chi connectivity index (χ3v) is 4.15. The van der Waals surface area contributed by atoms with E-state index < -0.39 is 0 Å². The van der Waals surface area contributed by atoms with E-state index in [1.807, 2.05) is 6.08 Å². The van der Waals surface area contributed by atoms with Gasteiger partial charge in [-0.3, -0.25) is 0 Å². The van der Waals surface area contributed by atoms with Crippen LogP contribution in [0.1, 0.15) is 29.2 Å². The second kappa shape index (κ2) is 5.57. The van der Waals surface area contributed by atoms with Gasteiger partial charge in [-0.05, 0) is 53.7 Å². The van der Waals surface area contributed by atoms with Crippen LogP contribution >= 0.6 is 0 Å². The van der Waals surface area contributed by atoms with Crippen molar-refractivity contribution in [2.24, 2.45) is 0 Å². The summed E-state index contributed by atoms with van der Waals surface area (Å²) < 4.78 is 0. The Balaban J connectivity index is 2.04. The van der Waals surface area contributed by atoms with Gasteiger partial charge < -0.3 is 0 Å². The van der Waals surface area contributed by atoms with Crippen molar-refractivity contribution >= 4 is 11.1 Å². The molecule has 0 fully saturated rings. The number of rotatable bonds is 3. The average Bonchev–Trinajstić information content (AvgIpc) is 2.86. The molecule has 0 N–H and O–H groups in total. The Bertz CT molecular complexity index is 740. The maximum Gasteiger partial charge on any atom is -0.00137 e. The zero-order valence-corrected chi connectivity index (χ0v) is 12.7. The van der Waals surface area contributed by atoms with E-state index in [-0.39, 0.29) is 0 Å². The zero-order chi connectivity index (χ0) is 14.8. The van der Waals surface area contributed by atoms with Crippen LogP contribution in [0.4, 0.5) is 0 Å². The monoisotopic (exact) mass is 272 g/mol. The van der Waals surface area contributed by atoms with Gasteiger partial charge in [0.25, 0.3) is 0 Å². The third-order valence-electron chi connectivity index (χ3n) is 4.15. The summed E-state index contributed by atoms with van der Waals surface area (Å²) in [6.07, 6.45) is 5.29. The molecule has 104 valence electrons. The predicted molar refractivity (Wildman–Crippen MR) is 92.1 cm³/mol. The molecule has 2 aromatic rings. The summed E-state index contributed by atoms with van der Waals surface area (Å²) in [7, 11) is 0. The Hall–Kier alpha value is -2.34. The molecule has 0 aliphatic heterocycles. The maximum atomic E-state index is 3.98. The van der Waals surface area contributed by atoms with Crippen molar-refractivity contribution in [3.63, 3.8) is 0 Å². The van der Waals surface area contributed by atoms with E-state index in [0.717, 1.165) is 6.42 Å². The van der Waals surface area contributed by atoms with Crippen LogP contribution in [0.2, 0.25) is 0 Å². The molecule has 0 heterocycles. The molecule has 0 aromatic heterocycles. The van der Waals surface area contributed by atoms with Crippen LogP contribution in [0.25, 0.3) is 11.1 Å². The standard InChI is InChI=1S/C21H20/c1-4-17-14-19-7-5-6-8-20(19)21(17)13-16(3)18-11-9-15(2)10-12-18/h4-13H,1,14H2,2-3H3/b16-13+. The number of benzene rings is 2. The molecular formula is C21H20. The molecular weight excluding hydrogens is 252 g/mol. The molecule has 1 aliphatic carbocycles. The highest BCUT2D eigenvalue weighted by Gasteiger charge is 2.17. The van der Waals surface area contributed by atoms with Crippen LogP contribution in [-0.4, -0.2) is 0 Å². The number of hydrogen-bond donors (Lipinski definition) is 0. The van der Waals surface area contributed by atoms with Crippen molar-refractivity contribution in [2.75, 3.05) is 0 Å². The summed E-state index contributed by atoms with van der Waals surface area (Å²) in [5.41, 5.74) is 9.25. The van der Waals surface area contributed by atoms with Crippen molar-refractivity contribution in [3.05, 3.63) is 95.1 Å². The fourth-order valence-electron chi connectivity index (χ4n) is 2.88. The van der Waals surface area contributed by atoms with Crippen molar-refractivity contribution < 1.29 is 0 Å². The van der Waals surface area contributed by atoms with Gasteiger partial charge in [-0.1, -0.05) is 72.8 Å². The van der Waals surface area contributed by atoms with Gasteiger partial charge in [0.15, 0.2) is 0 Å². The molecule has 0 atom stereocenters. The first-order valence-corrected chi connectivity index (χ1v) is 7.38. The normalized spacial score (nSPS) is 14.3. The Morgan fingerprint density at radius 1 is 1.05 bits per heavy atom. The molecule has 0 radical (unpaired) electrons. The molecule has 0 spiro atoms. The highest BCUT2D eigenvalue weighted by Crippen LogP contribution is 2.35. The van der Waals surface area contributed by atoms with Crippen LogP contribution in [0.5, 0.6) is 0 Å². The molecule has 0 nitrogen and oxygen atoms in total. The van der Waals surface area contributed by atoms with Crippen LogP contribution in [0, 0.1) is 6.92 Å². The number of fused-ring (bicyclic) bond motifs is 1. The quantitative estimate of drug-likeness (QED) is 0.682. The fraction of sp³-hybridized carbons (Fsp3) is 0.143. The second-order valence-corrected chi connectivity index (χ2v) is 5.67. The highest BCUT2D eigenvalue weighted by molar-refractivity contribution is 5.90. The fourth-order valence-corrected chi connectivity index (χ4v) is 2.88. The molecule has 0 amide bonds. The summed E-state index contributed by atoms with van der Waals surface area (Å²) in [4.78, 5) is 0. The van der Waals surface area contributed by atoms with E-state index in [9.17, 15) is 0 Å². The third kappa shape index (κ3) is 2.62. The summed E-state index contributed by atoms with van der Waals surface area (Å²) in [6, 6.07) is 17.3. The van der Waals surface area contributed by atoms with Crippen molar-refractivity contribution in [1.29, 1.82) is 0 Å². The van der Waals surface area contributed by atoms with E-state index >= 15 is 0 Å². The molecule has 0 saturated carbocycles. The Labute approximate surface area is 127 Å². The Kier molecular flexibility index (Phi) is 3.62. The molecule has 3 rings (SSSR count). The van der Waals surface area contributed by atoms with Gasteiger partial charge in [-0.25, -0.2) is 0 Å². The Morgan fingerprint density at radius 2 is 1.76 bits per heavy atom. The summed E-state index contributed by atoms with van der Waals surface area (Å²) in [6.45, 7) is 8.28. The molecule has 0 heteroatoms. The first kappa shape index (κ1) is 13.6. The minimum Gasteiger partial charge on any atom is -0.0988 e. The Morgan fingerprint density at radius 3 is 2.48 bits per heavy atom. The lowest BCUT2D eigenvalue weighted by Gasteiger charge is -2.06. The van der Waals surface area contributed by atoms with Crippen molar-refractivity contribution in [3.8, 4) is 0 Å². The second-order valence-electron chi connectivity index (χ2n) is 5.67. The minimum atomic E-state index is 0.993. The van der Waals surface area contributed by atoms with Gasteiger partial charge in [0, 0.05) is 0 Å². The molecule has 0 saturated heterocycles. The molecule has 0 unspecified atom stereocenters. The van der Waals surface area contributed by atoms with E-state index in [1.54, 1.807) is 0 Å². The van der Waals surface area contributed by atoms with Crippen LogP contribution in [-0.2, 0) is 6.42 Å². The first-order valence-electron chi connectivity index (χ1n) is 7.38. The lowest BCUT2D eigenvalue weighted by atomic mass is 9.99. The van der Waals surface area contributed by atoms with Gasteiger partial charge >= 0.3 is 0 Å². The van der Waals surface area contributed by atoms with Crippen molar-refractivity contribution in [1.82, 2.24) is 0 Å². The van der Waals surface area contributed by atoms with Crippen LogP contribution in [0.15, 0.2) is 72.8 Å². The van der Waals surface area contributed by atoms with E-state index in [1.165, 1.54) is 39.0 Å². The highest BCUT2D eigenvalue weighted by atomic mass is 14.2. The van der Waals surface area contributed by atoms with E-state index in [4.69, 9.17) is 0 Å². The smallest absolute Gasteiger partial charge is 0.00137 e. The summed E-state index contributed by atoms with van der Waals surface area (Å²) in [5.74, 6) is 0. The number of aryl methyl sites for hydroxylation is 1. The minimum absolute atomic E-state index is 0.993. The largest absolute Gasteiger partial charge is 0.0988 e. The van der Waals surface area contributed by atoms with Gasteiger partial charge in [-0.15, -0.1) is 0 Å².